The minimum atomic E-state index is 0.195. The fraction of sp³-hybridized carbons (Fsp3) is 0.500. The third-order valence-corrected chi connectivity index (χ3v) is 5.23. The Balaban J connectivity index is 1.78. The number of methoxy groups -OCH3 is 1. The smallest absolute Gasteiger partial charge is 0.214 e. The van der Waals surface area contributed by atoms with Gasteiger partial charge in [-0.1, -0.05) is 31.5 Å². The van der Waals surface area contributed by atoms with Crippen molar-refractivity contribution >= 4 is 16.7 Å². The lowest BCUT2D eigenvalue weighted by Crippen LogP contribution is -2.36. The molecule has 128 valence electrons. The molecule has 1 fully saturated rings. The summed E-state index contributed by atoms with van der Waals surface area (Å²) in [7, 11) is 1.59. The van der Waals surface area contributed by atoms with Crippen molar-refractivity contribution in [1.82, 2.24) is 10.3 Å². The quantitative estimate of drug-likeness (QED) is 0.819. The molecule has 24 heavy (non-hydrogen) atoms. The van der Waals surface area contributed by atoms with Crippen LogP contribution in [0.4, 0.5) is 0 Å². The number of ketones is 1. The number of nitrogens with one attached hydrogen (secondary N) is 1. The van der Waals surface area contributed by atoms with Gasteiger partial charge in [-0.05, 0) is 43.8 Å². The van der Waals surface area contributed by atoms with Crippen molar-refractivity contribution < 1.29 is 9.53 Å². The first kappa shape index (κ1) is 16.9. The average molecular weight is 326 g/mol. The molecule has 2 heterocycles. The van der Waals surface area contributed by atoms with Gasteiger partial charge in [0.05, 0.1) is 12.6 Å². The van der Waals surface area contributed by atoms with Gasteiger partial charge in [0.2, 0.25) is 5.88 Å². The summed E-state index contributed by atoms with van der Waals surface area (Å²) in [5.74, 6) is 2.04. The number of aromatic nitrogens is 1. The fourth-order valence-electron chi connectivity index (χ4n) is 3.77. The van der Waals surface area contributed by atoms with E-state index < -0.39 is 0 Å². The van der Waals surface area contributed by atoms with Crippen LogP contribution in [0.2, 0.25) is 0 Å². The molecule has 2 aromatic rings. The van der Waals surface area contributed by atoms with Gasteiger partial charge in [-0.15, -0.1) is 0 Å². The second kappa shape index (κ2) is 7.75. The Bertz CT molecular complexity index is 714. The van der Waals surface area contributed by atoms with Gasteiger partial charge >= 0.3 is 0 Å². The molecule has 2 atom stereocenters. The molecule has 0 radical (unpaired) electrons. The lowest BCUT2D eigenvalue weighted by Gasteiger charge is -2.31. The highest BCUT2D eigenvalue weighted by Crippen LogP contribution is 2.29. The van der Waals surface area contributed by atoms with E-state index >= 15 is 0 Å². The van der Waals surface area contributed by atoms with Crippen LogP contribution in [0.15, 0.2) is 30.3 Å². The van der Waals surface area contributed by atoms with Gasteiger partial charge in [0, 0.05) is 23.4 Å². The van der Waals surface area contributed by atoms with Crippen LogP contribution in [0, 0.1) is 11.8 Å². The molecule has 1 aliphatic rings. The molecule has 1 saturated heterocycles. The highest BCUT2D eigenvalue weighted by Gasteiger charge is 2.24. The van der Waals surface area contributed by atoms with Crippen molar-refractivity contribution in [2.45, 2.75) is 32.6 Å². The molecule has 1 aromatic heterocycles. The van der Waals surface area contributed by atoms with Crippen molar-refractivity contribution in [3.05, 3.63) is 35.9 Å². The lowest BCUT2D eigenvalue weighted by atomic mass is 9.81. The van der Waals surface area contributed by atoms with E-state index in [9.17, 15) is 4.79 Å². The number of fused-ring (bicyclic) bond motifs is 1. The van der Waals surface area contributed by atoms with Crippen molar-refractivity contribution in [1.29, 1.82) is 0 Å². The Hall–Kier alpha value is -1.94. The van der Waals surface area contributed by atoms with Gasteiger partial charge in [0.1, 0.15) is 0 Å². The second-order valence-corrected chi connectivity index (χ2v) is 6.61. The summed E-state index contributed by atoms with van der Waals surface area (Å²) in [5, 5.41) is 4.38. The summed E-state index contributed by atoms with van der Waals surface area (Å²) in [4.78, 5) is 17.3. The topological polar surface area (TPSA) is 51.2 Å². The monoisotopic (exact) mass is 326 g/mol. The number of rotatable bonds is 6. The maximum Gasteiger partial charge on any atom is 0.214 e. The first-order valence-corrected chi connectivity index (χ1v) is 8.90. The molecule has 1 N–H and O–H groups in total. The predicted molar refractivity (Wildman–Crippen MR) is 96.6 cm³/mol. The normalized spacial score (nSPS) is 20.9. The van der Waals surface area contributed by atoms with Gasteiger partial charge in [-0.3, -0.25) is 4.79 Å². The number of benzene rings is 1. The number of carbonyl (C=O) groups excluding carboxylic acids is 1. The first-order chi connectivity index (χ1) is 11.7. The Morgan fingerprint density at radius 3 is 2.96 bits per heavy atom. The van der Waals surface area contributed by atoms with E-state index in [1.807, 2.05) is 24.3 Å². The zero-order chi connectivity index (χ0) is 16.9. The predicted octanol–water partition coefficient (Wildman–Crippen LogP) is 3.84. The van der Waals surface area contributed by atoms with E-state index in [4.69, 9.17) is 4.74 Å². The van der Waals surface area contributed by atoms with E-state index in [1.54, 1.807) is 13.2 Å². The van der Waals surface area contributed by atoms with Crippen molar-refractivity contribution in [2.24, 2.45) is 11.8 Å². The number of nitrogens with zero attached hydrogens (tertiary/aromatic N) is 1. The number of ether oxygens (including phenoxy) is 1. The van der Waals surface area contributed by atoms with Crippen LogP contribution in [0.3, 0.4) is 0 Å². The zero-order valence-corrected chi connectivity index (χ0v) is 14.5. The molecular formula is C20H26N2O2. The lowest BCUT2D eigenvalue weighted by molar-refractivity contribution is 0.0963. The number of Topliss-reactive ketones (excluding diaryl/α,β-unsaturated/α-hetero) is 1. The third kappa shape index (κ3) is 3.59. The van der Waals surface area contributed by atoms with Crippen LogP contribution in [0.1, 0.15) is 43.0 Å². The van der Waals surface area contributed by atoms with E-state index in [0.717, 1.165) is 36.0 Å². The standard InChI is InChI=1S/C20H26N2O2/c1-3-14-13-21-11-10-15(14)8-9-19(23)17-12-20(24-2)22-18-7-5-4-6-16(17)18/h4-7,12,14-15,21H,3,8-11,13H2,1-2H3/t14-,15-/m0/s1. The summed E-state index contributed by atoms with van der Waals surface area (Å²) < 4.78 is 5.27. The van der Waals surface area contributed by atoms with Gasteiger partial charge in [0.15, 0.2) is 5.78 Å². The molecule has 0 unspecified atom stereocenters. The Morgan fingerprint density at radius 2 is 2.17 bits per heavy atom. The fourth-order valence-corrected chi connectivity index (χ4v) is 3.77. The Kier molecular flexibility index (Phi) is 5.46. The number of hydrogen-bond donors (Lipinski definition) is 1. The van der Waals surface area contributed by atoms with Gasteiger partial charge in [-0.25, -0.2) is 4.98 Å². The van der Waals surface area contributed by atoms with Gasteiger partial charge < -0.3 is 10.1 Å². The van der Waals surface area contributed by atoms with Crippen LogP contribution >= 0.6 is 0 Å². The van der Waals surface area contributed by atoms with Crippen molar-refractivity contribution in [2.75, 3.05) is 20.2 Å². The highest BCUT2D eigenvalue weighted by molar-refractivity contribution is 6.07. The summed E-state index contributed by atoms with van der Waals surface area (Å²) in [5.41, 5.74) is 1.55. The average Bonchev–Trinajstić information content (AvgIpc) is 2.65. The number of carbonyl (C=O) groups is 1. The summed E-state index contributed by atoms with van der Waals surface area (Å²) >= 11 is 0. The van der Waals surface area contributed by atoms with E-state index in [2.05, 4.69) is 17.2 Å². The Labute approximate surface area is 143 Å². The van der Waals surface area contributed by atoms with Crippen molar-refractivity contribution in [3.8, 4) is 5.88 Å². The molecule has 0 spiro atoms. The van der Waals surface area contributed by atoms with E-state index in [1.165, 1.54) is 12.8 Å². The molecule has 3 rings (SSSR count). The molecule has 4 heteroatoms. The van der Waals surface area contributed by atoms with Crippen LogP contribution in [0.5, 0.6) is 5.88 Å². The molecule has 0 bridgehead atoms. The highest BCUT2D eigenvalue weighted by atomic mass is 16.5. The molecular weight excluding hydrogens is 300 g/mol. The summed E-state index contributed by atoms with van der Waals surface area (Å²) in [6, 6.07) is 9.56. The maximum absolute atomic E-state index is 12.9. The summed E-state index contributed by atoms with van der Waals surface area (Å²) in [6.07, 6.45) is 3.92. The number of pyridine rings is 1. The van der Waals surface area contributed by atoms with Crippen LogP contribution in [-0.4, -0.2) is 31.0 Å². The summed E-state index contributed by atoms with van der Waals surface area (Å²) in [6.45, 7) is 4.40. The van der Waals surface area contributed by atoms with Gasteiger partial charge in [0.25, 0.3) is 0 Å². The molecule has 0 saturated carbocycles. The van der Waals surface area contributed by atoms with Crippen LogP contribution in [0.25, 0.3) is 10.9 Å². The van der Waals surface area contributed by atoms with Crippen LogP contribution < -0.4 is 10.1 Å². The molecule has 1 aromatic carbocycles. The van der Waals surface area contributed by atoms with Crippen LogP contribution in [-0.2, 0) is 0 Å². The van der Waals surface area contributed by atoms with Gasteiger partial charge in [-0.2, -0.15) is 0 Å². The third-order valence-electron chi connectivity index (χ3n) is 5.23. The Morgan fingerprint density at radius 1 is 1.33 bits per heavy atom. The largest absolute Gasteiger partial charge is 0.481 e. The zero-order valence-electron chi connectivity index (χ0n) is 14.5. The van der Waals surface area contributed by atoms with Crippen molar-refractivity contribution in [3.63, 3.8) is 0 Å². The molecule has 1 aliphatic heterocycles. The SMILES string of the molecule is CC[C@H]1CNCC[C@@H]1CCC(=O)c1cc(OC)nc2ccccc12. The van der Waals surface area contributed by atoms with E-state index in [0.29, 0.717) is 24.1 Å². The molecule has 0 aliphatic carbocycles. The minimum Gasteiger partial charge on any atom is -0.481 e. The first-order valence-electron chi connectivity index (χ1n) is 8.90. The minimum absolute atomic E-state index is 0.195. The second-order valence-electron chi connectivity index (χ2n) is 6.61. The maximum atomic E-state index is 12.9. The molecule has 0 amide bonds. The van der Waals surface area contributed by atoms with E-state index in [-0.39, 0.29) is 5.78 Å². The molecule has 4 nitrogen and oxygen atoms in total. The number of para-hydroxylation sites is 1. The number of hydrogen-bond acceptors (Lipinski definition) is 4. The number of piperidine rings is 1.